The summed E-state index contributed by atoms with van der Waals surface area (Å²) in [6.07, 6.45) is 9.35. The van der Waals surface area contributed by atoms with Crippen molar-refractivity contribution in [1.29, 1.82) is 0 Å². The number of nitrogens with zero attached hydrogens (tertiary/aromatic N) is 3. The molecule has 2 atom stereocenters. The molecule has 24 heavy (non-hydrogen) atoms. The number of carbonyl (C=O) groups excluding carboxylic acids is 2. The molecule has 130 valence electrons. The number of hydrogen-bond acceptors (Lipinski definition) is 4. The quantitative estimate of drug-likeness (QED) is 0.845. The molecular formula is C18H25N3O2S. The number of aromatic nitrogens is 1. The Labute approximate surface area is 147 Å². The summed E-state index contributed by atoms with van der Waals surface area (Å²) in [6.45, 7) is 1.66. The standard InChI is InChI=1S/C18H25N3O2S/c22-16-8-4-10-21(16)18-19-14(12-24-18)11-17(23)20-9-3-6-13-5-1-2-7-15(13)20/h12-13,15H,1-11H2/t13-,15+/m1/s1. The van der Waals surface area contributed by atoms with Gasteiger partial charge < -0.3 is 4.90 Å². The lowest BCUT2D eigenvalue weighted by Crippen LogP contribution is -2.50. The van der Waals surface area contributed by atoms with Gasteiger partial charge in [0.05, 0.1) is 12.1 Å². The lowest BCUT2D eigenvalue weighted by atomic mass is 9.78. The van der Waals surface area contributed by atoms with Crippen molar-refractivity contribution in [3.8, 4) is 0 Å². The molecule has 2 aliphatic heterocycles. The van der Waals surface area contributed by atoms with Gasteiger partial charge in [-0.25, -0.2) is 4.98 Å². The molecule has 1 aromatic heterocycles. The van der Waals surface area contributed by atoms with E-state index in [1.165, 1.54) is 43.4 Å². The third-order valence-corrected chi connectivity index (χ3v) is 6.65. The highest BCUT2D eigenvalue weighted by atomic mass is 32.1. The fourth-order valence-electron chi connectivity index (χ4n) is 4.54. The summed E-state index contributed by atoms with van der Waals surface area (Å²) in [5.74, 6) is 1.09. The van der Waals surface area contributed by atoms with Crippen molar-refractivity contribution >= 4 is 28.3 Å². The van der Waals surface area contributed by atoms with Crippen molar-refractivity contribution in [1.82, 2.24) is 9.88 Å². The van der Waals surface area contributed by atoms with Gasteiger partial charge in [-0.2, -0.15) is 0 Å². The molecule has 1 aliphatic carbocycles. The fourth-order valence-corrected chi connectivity index (χ4v) is 5.41. The Morgan fingerprint density at radius 2 is 2.00 bits per heavy atom. The van der Waals surface area contributed by atoms with Crippen molar-refractivity contribution in [2.45, 2.75) is 63.8 Å². The van der Waals surface area contributed by atoms with Crippen LogP contribution in [0, 0.1) is 5.92 Å². The van der Waals surface area contributed by atoms with Gasteiger partial charge in [-0.15, -0.1) is 11.3 Å². The SMILES string of the molecule is O=C1CCCN1c1nc(CC(=O)N2CCC[C@H]3CCCC[C@@H]32)cs1. The number of hydrogen-bond donors (Lipinski definition) is 0. The van der Waals surface area contributed by atoms with Crippen molar-refractivity contribution in [3.63, 3.8) is 0 Å². The maximum Gasteiger partial charge on any atom is 0.228 e. The van der Waals surface area contributed by atoms with Gasteiger partial charge in [0.1, 0.15) is 0 Å². The van der Waals surface area contributed by atoms with Crippen LogP contribution in [0.4, 0.5) is 5.13 Å². The van der Waals surface area contributed by atoms with Crippen LogP contribution in [0.2, 0.25) is 0 Å². The molecule has 0 radical (unpaired) electrons. The minimum Gasteiger partial charge on any atom is -0.339 e. The van der Waals surface area contributed by atoms with Crippen LogP contribution in [0.3, 0.4) is 0 Å². The maximum absolute atomic E-state index is 12.8. The molecule has 0 bridgehead atoms. The Hall–Kier alpha value is -1.43. The predicted octanol–water partition coefficient (Wildman–Crippen LogP) is 2.99. The minimum absolute atomic E-state index is 0.156. The highest BCUT2D eigenvalue weighted by Crippen LogP contribution is 2.35. The summed E-state index contributed by atoms with van der Waals surface area (Å²) in [6, 6.07) is 0.457. The maximum atomic E-state index is 12.8. The minimum atomic E-state index is 0.156. The smallest absolute Gasteiger partial charge is 0.228 e. The van der Waals surface area contributed by atoms with Crippen molar-refractivity contribution in [3.05, 3.63) is 11.1 Å². The molecule has 3 heterocycles. The highest BCUT2D eigenvalue weighted by molar-refractivity contribution is 7.14. The number of likely N-dealkylation sites (tertiary alicyclic amines) is 1. The third-order valence-electron chi connectivity index (χ3n) is 5.74. The van der Waals surface area contributed by atoms with Crippen LogP contribution in [0.1, 0.15) is 57.1 Å². The summed E-state index contributed by atoms with van der Waals surface area (Å²) in [5.41, 5.74) is 0.817. The van der Waals surface area contributed by atoms with E-state index in [1.807, 2.05) is 5.38 Å². The van der Waals surface area contributed by atoms with Gasteiger partial charge in [-0.1, -0.05) is 12.8 Å². The molecule has 2 amide bonds. The molecule has 2 saturated heterocycles. The largest absolute Gasteiger partial charge is 0.339 e. The van der Waals surface area contributed by atoms with E-state index in [0.29, 0.717) is 24.8 Å². The highest BCUT2D eigenvalue weighted by Gasteiger charge is 2.35. The van der Waals surface area contributed by atoms with E-state index in [4.69, 9.17) is 0 Å². The lowest BCUT2D eigenvalue weighted by Gasteiger charge is -2.44. The van der Waals surface area contributed by atoms with Crippen molar-refractivity contribution in [2.75, 3.05) is 18.0 Å². The molecule has 5 nitrogen and oxygen atoms in total. The molecule has 0 unspecified atom stereocenters. The van der Waals surface area contributed by atoms with Gasteiger partial charge in [0.2, 0.25) is 11.8 Å². The van der Waals surface area contributed by atoms with Crippen LogP contribution in [0.5, 0.6) is 0 Å². The normalized spacial score (nSPS) is 27.4. The molecule has 0 aromatic carbocycles. The Morgan fingerprint density at radius 3 is 2.83 bits per heavy atom. The Kier molecular flexibility index (Phi) is 4.57. The van der Waals surface area contributed by atoms with Crippen LogP contribution >= 0.6 is 11.3 Å². The van der Waals surface area contributed by atoms with E-state index in [2.05, 4.69) is 9.88 Å². The molecule has 1 aromatic rings. The van der Waals surface area contributed by atoms with Crippen LogP contribution in [-0.2, 0) is 16.0 Å². The van der Waals surface area contributed by atoms with E-state index in [1.54, 1.807) is 4.90 Å². The van der Waals surface area contributed by atoms with Crippen LogP contribution in [0.25, 0.3) is 0 Å². The number of piperidine rings is 1. The zero-order valence-corrected chi connectivity index (χ0v) is 14.9. The number of anilines is 1. The zero-order valence-electron chi connectivity index (χ0n) is 14.1. The first-order chi connectivity index (χ1) is 11.7. The number of thiazole rings is 1. The van der Waals surface area contributed by atoms with Gasteiger partial charge in [-0.05, 0) is 38.0 Å². The van der Waals surface area contributed by atoms with Gasteiger partial charge in [-0.3, -0.25) is 14.5 Å². The monoisotopic (exact) mass is 347 g/mol. The molecule has 1 saturated carbocycles. The van der Waals surface area contributed by atoms with Gasteiger partial charge in [0.25, 0.3) is 0 Å². The van der Waals surface area contributed by atoms with Gasteiger partial charge in [0, 0.05) is 30.9 Å². The Balaban J connectivity index is 1.42. The van der Waals surface area contributed by atoms with E-state index in [-0.39, 0.29) is 11.8 Å². The second-order valence-electron chi connectivity index (χ2n) is 7.29. The first kappa shape index (κ1) is 16.1. The summed E-state index contributed by atoms with van der Waals surface area (Å²) >= 11 is 1.49. The number of fused-ring (bicyclic) bond motifs is 1. The van der Waals surface area contributed by atoms with Crippen molar-refractivity contribution < 1.29 is 9.59 Å². The van der Waals surface area contributed by atoms with Gasteiger partial charge >= 0.3 is 0 Å². The molecule has 3 fully saturated rings. The van der Waals surface area contributed by atoms with Crippen LogP contribution in [0.15, 0.2) is 5.38 Å². The first-order valence-corrected chi connectivity index (χ1v) is 10.1. The summed E-state index contributed by atoms with van der Waals surface area (Å²) in [5, 5.41) is 2.70. The number of rotatable bonds is 3. The summed E-state index contributed by atoms with van der Waals surface area (Å²) < 4.78 is 0. The van der Waals surface area contributed by atoms with E-state index < -0.39 is 0 Å². The molecular weight excluding hydrogens is 322 g/mol. The number of amides is 2. The predicted molar refractivity (Wildman–Crippen MR) is 94.1 cm³/mol. The second-order valence-corrected chi connectivity index (χ2v) is 8.12. The van der Waals surface area contributed by atoms with Crippen LogP contribution in [-0.4, -0.2) is 40.8 Å². The Morgan fingerprint density at radius 1 is 1.17 bits per heavy atom. The molecule has 4 rings (SSSR count). The summed E-state index contributed by atoms with van der Waals surface area (Å²) in [7, 11) is 0. The average molecular weight is 347 g/mol. The molecule has 3 aliphatic rings. The number of carbonyl (C=O) groups is 2. The van der Waals surface area contributed by atoms with Crippen molar-refractivity contribution in [2.24, 2.45) is 5.92 Å². The lowest BCUT2D eigenvalue weighted by molar-refractivity contribution is -0.136. The topological polar surface area (TPSA) is 53.5 Å². The first-order valence-electron chi connectivity index (χ1n) is 9.26. The molecule has 0 spiro atoms. The van der Waals surface area contributed by atoms with Gasteiger partial charge in [0.15, 0.2) is 5.13 Å². The fraction of sp³-hybridized carbons (Fsp3) is 0.722. The Bertz CT molecular complexity index is 628. The summed E-state index contributed by atoms with van der Waals surface area (Å²) in [4.78, 5) is 33.1. The zero-order chi connectivity index (χ0) is 16.5. The molecule has 6 heteroatoms. The third kappa shape index (κ3) is 3.08. The van der Waals surface area contributed by atoms with E-state index in [0.717, 1.165) is 36.8 Å². The molecule has 0 N–H and O–H groups in total. The van der Waals surface area contributed by atoms with E-state index in [9.17, 15) is 9.59 Å². The average Bonchev–Trinajstić information content (AvgIpc) is 3.23. The van der Waals surface area contributed by atoms with Crippen LogP contribution < -0.4 is 4.90 Å². The van der Waals surface area contributed by atoms with E-state index >= 15 is 0 Å². The second kappa shape index (κ2) is 6.82.